The molecule has 10 heteroatoms. The lowest BCUT2D eigenvalue weighted by atomic mass is 10.1. The van der Waals surface area contributed by atoms with Gasteiger partial charge in [-0.3, -0.25) is 9.72 Å². The van der Waals surface area contributed by atoms with E-state index in [4.69, 9.17) is 4.74 Å². The summed E-state index contributed by atoms with van der Waals surface area (Å²) in [6.07, 6.45) is -0.112. The second kappa shape index (κ2) is 6.58. The fraction of sp³-hybridized carbons (Fsp3) is 0.588. The number of hydrogen-bond acceptors (Lipinski definition) is 5. The van der Waals surface area contributed by atoms with Crippen molar-refractivity contribution in [1.82, 2.24) is 14.4 Å². The van der Waals surface area contributed by atoms with Crippen molar-refractivity contribution in [1.29, 1.82) is 0 Å². The Balaban J connectivity index is 1.96. The van der Waals surface area contributed by atoms with Crippen LogP contribution in [0.2, 0.25) is 0 Å². The third-order valence-electron chi connectivity index (χ3n) is 4.11. The number of halogens is 3. The molecule has 3 rings (SSSR count). The second-order valence-corrected chi connectivity index (χ2v) is 7.60. The number of fused-ring (bicyclic) bond motifs is 1. The Morgan fingerprint density at radius 1 is 1.26 bits per heavy atom. The predicted octanol–water partition coefficient (Wildman–Crippen LogP) is 3.76. The topological polar surface area (TPSA) is 71.8 Å². The number of nitrogens with one attached hydrogen (secondary N) is 1. The lowest BCUT2D eigenvalue weighted by Gasteiger charge is -2.32. The number of carbonyl (C=O) groups is 1. The molecule has 0 aromatic carbocycles. The first-order valence-corrected chi connectivity index (χ1v) is 8.63. The van der Waals surface area contributed by atoms with E-state index in [1.807, 2.05) is 0 Å². The van der Waals surface area contributed by atoms with E-state index in [0.717, 1.165) is 4.40 Å². The van der Waals surface area contributed by atoms with E-state index in [0.29, 0.717) is 0 Å². The summed E-state index contributed by atoms with van der Waals surface area (Å²) in [5, 5.41) is 2.46. The average Bonchev–Trinajstić information content (AvgIpc) is 2.80. The number of rotatable bonds is 2. The third kappa shape index (κ3) is 4.25. The van der Waals surface area contributed by atoms with Crippen molar-refractivity contribution in [2.24, 2.45) is 0 Å². The largest absolute Gasteiger partial charge is 0.444 e. The van der Waals surface area contributed by atoms with Crippen LogP contribution in [-0.2, 0) is 4.74 Å². The van der Waals surface area contributed by atoms with Gasteiger partial charge < -0.3 is 9.64 Å². The first-order valence-electron chi connectivity index (χ1n) is 8.63. The van der Waals surface area contributed by atoms with Gasteiger partial charge in [0.05, 0.1) is 11.9 Å². The highest BCUT2D eigenvalue weighted by molar-refractivity contribution is 5.84. The van der Waals surface area contributed by atoms with E-state index in [1.54, 1.807) is 25.7 Å². The van der Waals surface area contributed by atoms with E-state index in [9.17, 15) is 18.0 Å². The molecule has 7 nitrogen and oxygen atoms in total. The first-order chi connectivity index (χ1) is 12.5. The summed E-state index contributed by atoms with van der Waals surface area (Å²) in [5.41, 5.74) is -0.355. The van der Waals surface area contributed by atoms with Crippen molar-refractivity contribution < 1.29 is 22.7 Å². The zero-order valence-corrected chi connectivity index (χ0v) is 15.6. The number of imidazole rings is 1. The van der Waals surface area contributed by atoms with Crippen LogP contribution in [0.5, 0.6) is 0 Å². The van der Waals surface area contributed by atoms with E-state index >= 15 is 0 Å². The lowest BCUT2D eigenvalue weighted by molar-refractivity contribution is -0.0221. The number of carbonyl (C=O) groups excluding carboxylic acids is 1. The van der Waals surface area contributed by atoms with Crippen molar-refractivity contribution in [2.75, 3.05) is 23.3 Å². The Hall–Kier alpha value is -2.52. The summed E-state index contributed by atoms with van der Waals surface area (Å²) in [7, 11) is 0. The summed E-state index contributed by atoms with van der Waals surface area (Å²) in [6.45, 7) is 6.74. The number of aromatic nitrogens is 3. The van der Waals surface area contributed by atoms with Crippen LogP contribution in [-0.4, -0.2) is 45.1 Å². The quantitative estimate of drug-likeness (QED) is 0.852. The molecule has 1 aliphatic rings. The van der Waals surface area contributed by atoms with Crippen LogP contribution in [0, 0.1) is 12.9 Å². The van der Waals surface area contributed by atoms with Crippen LogP contribution >= 0.6 is 0 Å². The molecular weight excluding hydrogens is 363 g/mol. The molecule has 3 heterocycles. The van der Waals surface area contributed by atoms with E-state index in [2.05, 4.69) is 15.3 Å². The van der Waals surface area contributed by atoms with Gasteiger partial charge in [0.25, 0.3) is 5.92 Å². The highest BCUT2D eigenvalue weighted by Gasteiger charge is 2.35. The molecular formula is C17H22F3N5O2. The molecule has 0 aliphatic carbocycles. The van der Waals surface area contributed by atoms with Gasteiger partial charge in [0.2, 0.25) is 5.95 Å². The summed E-state index contributed by atoms with van der Waals surface area (Å²) < 4.78 is 47.7. The van der Waals surface area contributed by atoms with E-state index in [-0.39, 0.29) is 48.9 Å². The van der Waals surface area contributed by atoms with E-state index < -0.39 is 23.6 Å². The van der Waals surface area contributed by atoms with Gasteiger partial charge in [0.1, 0.15) is 5.60 Å². The summed E-state index contributed by atoms with van der Waals surface area (Å²) >= 11 is 0. The highest BCUT2D eigenvalue weighted by Crippen LogP contribution is 2.32. The van der Waals surface area contributed by atoms with Gasteiger partial charge in [-0.1, -0.05) is 0 Å². The predicted molar refractivity (Wildman–Crippen MR) is 93.9 cm³/mol. The van der Waals surface area contributed by atoms with Gasteiger partial charge in [-0.2, -0.15) is 4.39 Å². The summed E-state index contributed by atoms with van der Waals surface area (Å²) in [6, 6.07) is 0. The van der Waals surface area contributed by atoms with Gasteiger partial charge in [0.15, 0.2) is 17.3 Å². The highest BCUT2D eigenvalue weighted by atomic mass is 19.3. The van der Waals surface area contributed by atoms with Crippen LogP contribution in [0.3, 0.4) is 0 Å². The van der Waals surface area contributed by atoms with Crippen LogP contribution < -0.4 is 10.2 Å². The van der Waals surface area contributed by atoms with Crippen LogP contribution in [0.15, 0.2) is 6.20 Å². The van der Waals surface area contributed by atoms with Gasteiger partial charge in [-0.25, -0.2) is 23.5 Å². The molecule has 0 unspecified atom stereocenters. The normalized spacial score (nSPS) is 17.2. The third-order valence-corrected chi connectivity index (χ3v) is 4.11. The lowest BCUT2D eigenvalue weighted by Crippen LogP contribution is -2.40. The molecule has 2 aromatic heterocycles. The Kier molecular flexibility index (Phi) is 4.69. The molecule has 0 atom stereocenters. The minimum Gasteiger partial charge on any atom is -0.444 e. The Bertz CT molecular complexity index is 866. The number of piperidine rings is 1. The standard InChI is InChI=1S/C17H22F3N5O2/c1-10-12(18)25-9-11(23-15(26)27-16(2,3)4)22-13(14(25)21-10)24-7-5-17(19,20)6-8-24/h9H,5-8H2,1-4H3,(H,23,26). The minimum atomic E-state index is -2.73. The summed E-state index contributed by atoms with van der Waals surface area (Å²) in [4.78, 5) is 22.1. The van der Waals surface area contributed by atoms with Crippen LogP contribution in [0.4, 0.5) is 29.6 Å². The number of ether oxygens (including phenoxy) is 1. The molecule has 2 aromatic rings. The molecule has 148 valence electrons. The van der Waals surface area contributed by atoms with Crippen molar-refractivity contribution in [2.45, 2.75) is 52.1 Å². The van der Waals surface area contributed by atoms with Gasteiger partial charge >= 0.3 is 6.09 Å². The molecule has 1 amide bonds. The van der Waals surface area contributed by atoms with Crippen molar-refractivity contribution >= 4 is 23.4 Å². The Morgan fingerprint density at radius 3 is 2.48 bits per heavy atom. The molecule has 0 saturated carbocycles. The minimum absolute atomic E-state index is 0.0420. The van der Waals surface area contributed by atoms with Crippen LogP contribution in [0.25, 0.3) is 5.65 Å². The molecule has 0 bridgehead atoms. The van der Waals surface area contributed by atoms with Crippen molar-refractivity contribution in [3.05, 3.63) is 17.8 Å². The Labute approximate surface area is 154 Å². The average molecular weight is 385 g/mol. The first kappa shape index (κ1) is 19.2. The van der Waals surface area contributed by atoms with Crippen LogP contribution in [0.1, 0.15) is 39.3 Å². The maximum absolute atomic E-state index is 14.4. The SMILES string of the molecule is Cc1nc2c(N3CCC(F)(F)CC3)nc(NC(=O)OC(C)(C)C)cn2c1F. The monoisotopic (exact) mass is 385 g/mol. The second-order valence-electron chi connectivity index (χ2n) is 7.60. The van der Waals surface area contributed by atoms with Crippen molar-refractivity contribution in [3.63, 3.8) is 0 Å². The maximum Gasteiger partial charge on any atom is 0.413 e. The summed E-state index contributed by atoms with van der Waals surface area (Å²) in [5.74, 6) is -3.05. The number of aryl methyl sites for hydroxylation is 1. The smallest absolute Gasteiger partial charge is 0.413 e. The number of alkyl halides is 2. The molecule has 1 N–H and O–H groups in total. The maximum atomic E-state index is 14.4. The number of hydrogen-bond donors (Lipinski definition) is 1. The molecule has 1 saturated heterocycles. The fourth-order valence-electron chi connectivity index (χ4n) is 2.84. The molecule has 0 spiro atoms. The molecule has 0 radical (unpaired) electrons. The molecule has 27 heavy (non-hydrogen) atoms. The van der Waals surface area contributed by atoms with Crippen molar-refractivity contribution in [3.8, 4) is 0 Å². The number of nitrogens with zero attached hydrogens (tertiary/aromatic N) is 4. The number of amides is 1. The van der Waals surface area contributed by atoms with Gasteiger partial charge in [0, 0.05) is 25.9 Å². The van der Waals surface area contributed by atoms with Gasteiger partial charge in [-0.15, -0.1) is 0 Å². The molecule has 1 aliphatic heterocycles. The molecule has 1 fully saturated rings. The van der Waals surface area contributed by atoms with Gasteiger partial charge in [-0.05, 0) is 27.7 Å². The fourth-order valence-corrected chi connectivity index (χ4v) is 2.84. The van der Waals surface area contributed by atoms with E-state index in [1.165, 1.54) is 13.1 Å². The number of anilines is 2. The zero-order valence-electron chi connectivity index (χ0n) is 15.6. The Morgan fingerprint density at radius 2 is 1.89 bits per heavy atom. The zero-order chi connectivity index (χ0) is 20.0.